The van der Waals surface area contributed by atoms with Crippen LogP contribution < -0.4 is 5.32 Å². The third kappa shape index (κ3) is 5.43. The van der Waals surface area contributed by atoms with Crippen molar-refractivity contribution in [2.45, 2.75) is 25.4 Å². The summed E-state index contributed by atoms with van der Waals surface area (Å²) < 4.78 is 79.7. The molecule has 5 nitrogen and oxygen atoms in total. The van der Waals surface area contributed by atoms with Crippen LogP contribution in [0, 0.1) is 0 Å². The molecular weight excluding hydrogens is 516 g/mol. The molecule has 0 aliphatic rings. The van der Waals surface area contributed by atoms with Gasteiger partial charge < -0.3 is 9.88 Å². The fourth-order valence-electron chi connectivity index (χ4n) is 3.74. The number of halogens is 6. The number of hydrogen-bond donors (Lipinski definition) is 1. The van der Waals surface area contributed by atoms with E-state index in [-0.39, 0.29) is 13.1 Å². The van der Waals surface area contributed by atoms with Gasteiger partial charge >= 0.3 is 12.4 Å². The highest BCUT2D eigenvalue weighted by Gasteiger charge is 2.31. The van der Waals surface area contributed by atoms with Crippen LogP contribution in [0.1, 0.15) is 22.3 Å². The Kier molecular flexibility index (Phi) is 6.36. The van der Waals surface area contributed by atoms with Gasteiger partial charge in [0.25, 0.3) is 0 Å². The van der Waals surface area contributed by atoms with E-state index >= 15 is 0 Å². The Morgan fingerprint density at radius 2 is 1.57 bits per heavy atom. The van der Waals surface area contributed by atoms with Crippen molar-refractivity contribution >= 4 is 28.3 Å². The summed E-state index contributed by atoms with van der Waals surface area (Å²) >= 11 is 1.41. The first kappa shape index (κ1) is 24.8. The predicted octanol–water partition coefficient (Wildman–Crippen LogP) is 7.25. The molecule has 190 valence electrons. The van der Waals surface area contributed by atoms with Crippen LogP contribution in [0.4, 0.5) is 32.2 Å². The smallest absolute Gasteiger partial charge is 0.364 e. The predicted molar refractivity (Wildman–Crippen MR) is 128 cm³/mol. The van der Waals surface area contributed by atoms with Crippen LogP contribution in [-0.2, 0) is 25.4 Å². The van der Waals surface area contributed by atoms with Crippen LogP contribution in [0.2, 0.25) is 0 Å². The maximum absolute atomic E-state index is 13.1. The Labute approximate surface area is 210 Å². The number of nitrogens with one attached hydrogen (secondary N) is 1. The number of fused-ring (bicyclic) bond motifs is 1. The number of rotatable bonds is 6. The first-order valence-corrected chi connectivity index (χ1v) is 11.8. The number of hydrogen-bond acceptors (Lipinski definition) is 5. The molecule has 3 heterocycles. The fraction of sp³-hybridized carbons (Fsp3) is 0.160. The Morgan fingerprint density at radius 3 is 2.24 bits per heavy atom. The molecule has 12 heteroatoms. The number of anilines is 1. The van der Waals surface area contributed by atoms with Crippen LogP contribution in [0.15, 0.2) is 72.4 Å². The van der Waals surface area contributed by atoms with Gasteiger partial charge in [-0.05, 0) is 46.8 Å². The largest absolute Gasteiger partial charge is 0.416 e. The minimum atomic E-state index is -4.46. The van der Waals surface area contributed by atoms with Gasteiger partial charge in [0.15, 0.2) is 17.3 Å². The Bertz CT molecular complexity index is 1520. The summed E-state index contributed by atoms with van der Waals surface area (Å²) in [5.74, 6) is 0.722. The zero-order valence-electron chi connectivity index (χ0n) is 18.8. The molecule has 0 saturated heterocycles. The first-order chi connectivity index (χ1) is 17.6. The normalized spacial score (nSPS) is 12.3. The summed E-state index contributed by atoms with van der Waals surface area (Å²) in [7, 11) is 0. The summed E-state index contributed by atoms with van der Waals surface area (Å²) in [6.45, 7) is 0.272. The molecule has 0 fully saturated rings. The zero-order valence-corrected chi connectivity index (χ0v) is 19.6. The molecule has 0 aliphatic heterocycles. The fourth-order valence-corrected chi connectivity index (χ4v) is 4.40. The van der Waals surface area contributed by atoms with Crippen molar-refractivity contribution in [3.8, 4) is 10.7 Å². The number of benzene rings is 2. The second-order valence-corrected chi connectivity index (χ2v) is 9.11. The summed E-state index contributed by atoms with van der Waals surface area (Å²) in [4.78, 5) is 14.3. The van der Waals surface area contributed by atoms with Gasteiger partial charge in [-0.2, -0.15) is 26.3 Å². The topological polar surface area (TPSA) is 55.6 Å². The summed E-state index contributed by atoms with van der Waals surface area (Å²) in [5.41, 5.74) is 0.351. The lowest BCUT2D eigenvalue weighted by Crippen LogP contribution is -2.08. The van der Waals surface area contributed by atoms with Crippen molar-refractivity contribution in [3.05, 3.63) is 94.6 Å². The minimum absolute atomic E-state index is 0.0612. The molecule has 0 unspecified atom stereocenters. The SMILES string of the molecule is FC(F)(F)c1ccc(Cn2cnc3c(NCc4cccc(C(F)(F)F)c4)nc(-c4cccs4)nc32)cc1. The molecule has 2 aromatic carbocycles. The molecule has 0 aliphatic carbocycles. The standard InChI is InChI=1S/C25H17F6N5S/c26-24(27,28)17-8-6-15(7-9-17)13-36-14-33-20-22(34-21(35-23(20)36)19-5-2-10-37-19)32-12-16-3-1-4-18(11-16)25(29,30)31/h1-11,14H,12-13H2,(H,32,34,35). The van der Waals surface area contributed by atoms with Crippen LogP contribution in [0.25, 0.3) is 21.9 Å². The Balaban J connectivity index is 1.48. The van der Waals surface area contributed by atoms with E-state index in [0.29, 0.717) is 33.9 Å². The van der Waals surface area contributed by atoms with Crippen molar-refractivity contribution in [3.63, 3.8) is 0 Å². The molecular formula is C25H17F6N5S. The van der Waals surface area contributed by atoms with Crippen LogP contribution in [-0.4, -0.2) is 19.5 Å². The van der Waals surface area contributed by atoms with Gasteiger partial charge in [-0.25, -0.2) is 15.0 Å². The van der Waals surface area contributed by atoms with Gasteiger partial charge in [0.1, 0.15) is 5.52 Å². The zero-order chi connectivity index (χ0) is 26.2. The highest BCUT2D eigenvalue weighted by Crippen LogP contribution is 2.32. The van der Waals surface area contributed by atoms with Gasteiger partial charge in [0.05, 0.1) is 28.9 Å². The van der Waals surface area contributed by atoms with E-state index in [1.165, 1.54) is 35.9 Å². The monoisotopic (exact) mass is 533 g/mol. The molecule has 37 heavy (non-hydrogen) atoms. The van der Waals surface area contributed by atoms with Crippen molar-refractivity contribution in [1.29, 1.82) is 0 Å². The second kappa shape index (κ2) is 9.51. The molecule has 0 atom stereocenters. The number of imidazole rings is 1. The quantitative estimate of drug-likeness (QED) is 0.234. The van der Waals surface area contributed by atoms with E-state index in [2.05, 4.69) is 20.3 Å². The number of alkyl halides is 6. The third-order valence-electron chi connectivity index (χ3n) is 5.55. The van der Waals surface area contributed by atoms with Crippen molar-refractivity contribution in [2.75, 3.05) is 5.32 Å². The number of aromatic nitrogens is 4. The molecule has 5 rings (SSSR count). The van der Waals surface area contributed by atoms with E-state index in [0.717, 1.165) is 29.1 Å². The third-order valence-corrected chi connectivity index (χ3v) is 6.42. The van der Waals surface area contributed by atoms with Gasteiger partial charge in [0, 0.05) is 6.54 Å². The first-order valence-electron chi connectivity index (χ1n) is 10.9. The molecule has 5 aromatic rings. The highest BCUT2D eigenvalue weighted by molar-refractivity contribution is 7.13. The maximum atomic E-state index is 13.1. The van der Waals surface area contributed by atoms with E-state index in [1.54, 1.807) is 10.6 Å². The average molecular weight is 534 g/mol. The minimum Gasteiger partial charge on any atom is -0.364 e. The van der Waals surface area contributed by atoms with Crippen LogP contribution >= 0.6 is 11.3 Å². The van der Waals surface area contributed by atoms with Crippen molar-refractivity contribution in [2.24, 2.45) is 0 Å². The number of nitrogens with zero attached hydrogens (tertiary/aromatic N) is 4. The lowest BCUT2D eigenvalue weighted by molar-refractivity contribution is -0.138. The average Bonchev–Trinajstić information content (AvgIpc) is 3.53. The summed E-state index contributed by atoms with van der Waals surface area (Å²) in [5, 5.41) is 4.93. The highest BCUT2D eigenvalue weighted by atomic mass is 32.1. The van der Waals surface area contributed by atoms with Crippen molar-refractivity contribution in [1.82, 2.24) is 19.5 Å². The summed E-state index contributed by atoms with van der Waals surface area (Å²) in [6.07, 6.45) is -7.38. The molecule has 0 spiro atoms. The van der Waals surface area contributed by atoms with Gasteiger partial charge in [-0.1, -0.05) is 30.3 Å². The maximum Gasteiger partial charge on any atom is 0.416 e. The van der Waals surface area contributed by atoms with E-state index in [9.17, 15) is 26.3 Å². The lowest BCUT2D eigenvalue weighted by atomic mass is 10.1. The van der Waals surface area contributed by atoms with E-state index in [1.807, 2.05) is 17.5 Å². The molecule has 1 N–H and O–H groups in total. The second-order valence-electron chi connectivity index (χ2n) is 8.16. The molecule has 0 saturated carbocycles. The molecule has 0 radical (unpaired) electrons. The van der Waals surface area contributed by atoms with Gasteiger partial charge in [-0.15, -0.1) is 11.3 Å². The summed E-state index contributed by atoms with van der Waals surface area (Å²) in [6, 6.07) is 13.5. The molecule has 0 bridgehead atoms. The Hall–Kier alpha value is -3.93. The lowest BCUT2D eigenvalue weighted by Gasteiger charge is -2.11. The van der Waals surface area contributed by atoms with Gasteiger partial charge in [-0.3, -0.25) is 0 Å². The van der Waals surface area contributed by atoms with E-state index < -0.39 is 23.5 Å². The number of thiophene rings is 1. The van der Waals surface area contributed by atoms with Gasteiger partial charge in [0.2, 0.25) is 0 Å². The van der Waals surface area contributed by atoms with E-state index in [4.69, 9.17) is 0 Å². The molecule has 0 amide bonds. The van der Waals surface area contributed by atoms with Crippen LogP contribution in [0.5, 0.6) is 0 Å². The Morgan fingerprint density at radius 1 is 0.811 bits per heavy atom. The van der Waals surface area contributed by atoms with Crippen molar-refractivity contribution < 1.29 is 26.3 Å². The van der Waals surface area contributed by atoms with Crippen LogP contribution in [0.3, 0.4) is 0 Å². The molecule has 3 aromatic heterocycles.